The molecule has 0 radical (unpaired) electrons. The second kappa shape index (κ2) is 7.38. The fourth-order valence-corrected chi connectivity index (χ4v) is 3.32. The number of aliphatic hydroxyl groups excluding tert-OH is 1. The third-order valence-corrected chi connectivity index (χ3v) is 4.54. The van der Waals surface area contributed by atoms with Crippen molar-refractivity contribution in [3.63, 3.8) is 0 Å². The highest BCUT2D eigenvalue weighted by atomic mass is 16.3. The Bertz CT molecular complexity index is 655. The molecule has 130 valence electrons. The number of piperazine rings is 1. The third kappa shape index (κ3) is 3.80. The minimum absolute atomic E-state index is 0.270. The van der Waals surface area contributed by atoms with E-state index in [0.717, 1.165) is 50.8 Å². The topological polar surface area (TPSA) is 70.3 Å². The van der Waals surface area contributed by atoms with Crippen molar-refractivity contribution in [2.45, 2.75) is 33.4 Å². The van der Waals surface area contributed by atoms with E-state index in [4.69, 9.17) is 0 Å². The van der Waals surface area contributed by atoms with E-state index >= 15 is 0 Å². The first kappa shape index (κ1) is 17.0. The van der Waals surface area contributed by atoms with E-state index in [1.807, 2.05) is 11.6 Å². The monoisotopic (exact) mass is 330 g/mol. The van der Waals surface area contributed by atoms with E-state index in [1.165, 1.54) is 11.1 Å². The number of aromatic nitrogens is 4. The van der Waals surface area contributed by atoms with Crippen LogP contribution in [0.5, 0.6) is 0 Å². The van der Waals surface area contributed by atoms with Crippen molar-refractivity contribution >= 4 is 0 Å². The van der Waals surface area contributed by atoms with Gasteiger partial charge < -0.3 is 5.11 Å². The summed E-state index contributed by atoms with van der Waals surface area (Å²) in [4.78, 5) is 4.67. The van der Waals surface area contributed by atoms with Crippen LogP contribution in [0, 0.1) is 13.8 Å². The van der Waals surface area contributed by atoms with Crippen LogP contribution in [0.1, 0.15) is 23.9 Å². The molecule has 7 nitrogen and oxygen atoms in total. The van der Waals surface area contributed by atoms with E-state index in [2.05, 4.69) is 57.4 Å². The maximum absolute atomic E-state index is 9.51. The van der Waals surface area contributed by atoms with Crippen LogP contribution in [-0.2, 0) is 6.54 Å². The SMILES string of the molecule is Cc1cccc(C)c1-n1nnnc1CN1CCN(C[C@H](C)O)CC1. The zero-order valence-electron chi connectivity index (χ0n) is 14.7. The summed E-state index contributed by atoms with van der Waals surface area (Å²) >= 11 is 0. The van der Waals surface area contributed by atoms with Gasteiger partial charge in [0.1, 0.15) is 0 Å². The number of rotatable bonds is 5. The molecule has 1 aliphatic heterocycles. The third-order valence-electron chi connectivity index (χ3n) is 4.54. The van der Waals surface area contributed by atoms with E-state index in [-0.39, 0.29) is 6.10 Å². The van der Waals surface area contributed by atoms with Crippen LogP contribution >= 0.6 is 0 Å². The molecule has 2 aromatic rings. The number of benzene rings is 1. The molecule has 24 heavy (non-hydrogen) atoms. The van der Waals surface area contributed by atoms with Gasteiger partial charge in [0.2, 0.25) is 0 Å². The molecule has 1 fully saturated rings. The summed E-state index contributed by atoms with van der Waals surface area (Å²) in [5.41, 5.74) is 3.42. The molecule has 0 unspecified atom stereocenters. The van der Waals surface area contributed by atoms with Gasteiger partial charge in [-0.05, 0) is 42.3 Å². The van der Waals surface area contributed by atoms with Crippen molar-refractivity contribution < 1.29 is 5.11 Å². The van der Waals surface area contributed by atoms with Crippen molar-refractivity contribution in [3.8, 4) is 5.69 Å². The molecule has 2 heterocycles. The molecule has 7 heteroatoms. The zero-order chi connectivity index (χ0) is 17.1. The number of para-hydroxylation sites is 1. The van der Waals surface area contributed by atoms with Gasteiger partial charge in [-0.25, -0.2) is 0 Å². The first-order valence-electron chi connectivity index (χ1n) is 8.51. The molecule has 1 aromatic heterocycles. The summed E-state index contributed by atoms with van der Waals surface area (Å²) in [6.07, 6.45) is -0.270. The number of tetrazole rings is 1. The molecular weight excluding hydrogens is 304 g/mol. The van der Waals surface area contributed by atoms with E-state index in [1.54, 1.807) is 0 Å². The van der Waals surface area contributed by atoms with Gasteiger partial charge in [0.05, 0.1) is 18.3 Å². The van der Waals surface area contributed by atoms with Crippen molar-refractivity contribution in [1.29, 1.82) is 0 Å². The van der Waals surface area contributed by atoms with E-state index in [0.29, 0.717) is 0 Å². The number of β-amino-alcohol motifs (C(OH)–C–C–N with tert-alkyl or cyclic N) is 1. The first-order valence-corrected chi connectivity index (χ1v) is 8.51. The molecule has 1 atom stereocenters. The highest BCUT2D eigenvalue weighted by Crippen LogP contribution is 2.19. The lowest BCUT2D eigenvalue weighted by atomic mass is 10.1. The quantitative estimate of drug-likeness (QED) is 0.873. The summed E-state index contributed by atoms with van der Waals surface area (Å²) in [6, 6.07) is 6.23. The molecule has 0 amide bonds. The zero-order valence-corrected chi connectivity index (χ0v) is 14.7. The van der Waals surface area contributed by atoms with Gasteiger partial charge in [-0.1, -0.05) is 18.2 Å². The largest absolute Gasteiger partial charge is 0.392 e. The summed E-state index contributed by atoms with van der Waals surface area (Å²) in [7, 11) is 0. The Morgan fingerprint density at radius 2 is 1.71 bits per heavy atom. The van der Waals surface area contributed by atoms with Crippen LogP contribution in [0.15, 0.2) is 18.2 Å². The second-order valence-electron chi connectivity index (χ2n) is 6.67. The van der Waals surface area contributed by atoms with Gasteiger partial charge >= 0.3 is 0 Å². The van der Waals surface area contributed by atoms with Crippen LogP contribution < -0.4 is 0 Å². The average Bonchev–Trinajstić information content (AvgIpc) is 2.96. The van der Waals surface area contributed by atoms with Crippen molar-refractivity contribution in [1.82, 2.24) is 30.0 Å². The van der Waals surface area contributed by atoms with Gasteiger partial charge in [0.15, 0.2) is 5.82 Å². The summed E-state index contributed by atoms with van der Waals surface area (Å²) in [5, 5.41) is 21.9. The summed E-state index contributed by atoms with van der Waals surface area (Å²) in [5.74, 6) is 0.872. The predicted molar refractivity (Wildman–Crippen MR) is 92.0 cm³/mol. The van der Waals surface area contributed by atoms with E-state index < -0.39 is 0 Å². The molecule has 1 aliphatic rings. The number of nitrogens with zero attached hydrogens (tertiary/aromatic N) is 6. The lowest BCUT2D eigenvalue weighted by Gasteiger charge is -2.34. The number of hydrogen-bond acceptors (Lipinski definition) is 6. The fourth-order valence-electron chi connectivity index (χ4n) is 3.32. The first-order chi connectivity index (χ1) is 11.5. The number of hydrogen-bond donors (Lipinski definition) is 1. The Morgan fingerprint density at radius 1 is 1.08 bits per heavy atom. The van der Waals surface area contributed by atoms with Gasteiger partial charge in [-0.3, -0.25) is 9.80 Å². The molecular formula is C17H26N6O. The van der Waals surface area contributed by atoms with Crippen molar-refractivity contribution in [2.24, 2.45) is 0 Å². The minimum atomic E-state index is -0.270. The van der Waals surface area contributed by atoms with Crippen LogP contribution in [0.4, 0.5) is 0 Å². The van der Waals surface area contributed by atoms with Crippen LogP contribution in [0.3, 0.4) is 0 Å². The van der Waals surface area contributed by atoms with Gasteiger partial charge in [0.25, 0.3) is 0 Å². The normalized spacial score (nSPS) is 18.0. The molecule has 1 N–H and O–H groups in total. The lowest BCUT2D eigenvalue weighted by Crippen LogP contribution is -2.48. The Labute approximate surface area is 142 Å². The maximum Gasteiger partial charge on any atom is 0.170 e. The molecule has 0 bridgehead atoms. The Kier molecular flexibility index (Phi) is 5.23. The molecule has 1 saturated heterocycles. The molecule has 0 saturated carbocycles. The average molecular weight is 330 g/mol. The molecule has 0 spiro atoms. The fraction of sp³-hybridized carbons (Fsp3) is 0.588. The van der Waals surface area contributed by atoms with E-state index in [9.17, 15) is 5.11 Å². The second-order valence-corrected chi connectivity index (χ2v) is 6.67. The standard InChI is InChI=1S/C17H26N6O/c1-13-5-4-6-14(2)17(13)23-16(18-19-20-23)12-22-9-7-21(8-10-22)11-15(3)24/h4-6,15,24H,7-12H2,1-3H3/t15-/m0/s1. The van der Waals surface area contributed by atoms with Crippen molar-refractivity contribution in [3.05, 3.63) is 35.2 Å². The molecule has 3 rings (SSSR count). The van der Waals surface area contributed by atoms with Crippen LogP contribution in [0.25, 0.3) is 5.69 Å². The van der Waals surface area contributed by atoms with Crippen LogP contribution in [0.2, 0.25) is 0 Å². The predicted octanol–water partition coefficient (Wildman–Crippen LogP) is 0.778. The highest BCUT2D eigenvalue weighted by molar-refractivity contribution is 5.46. The molecule has 0 aliphatic carbocycles. The highest BCUT2D eigenvalue weighted by Gasteiger charge is 2.21. The molecule has 1 aromatic carbocycles. The van der Waals surface area contributed by atoms with Gasteiger partial charge in [-0.15, -0.1) is 5.10 Å². The number of aliphatic hydroxyl groups is 1. The number of aryl methyl sites for hydroxylation is 2. The Morgan fingerprint density at radius 3 is 2.33 bits per heavy atom. The van der Waals surface area contributed by atoms with Crippen LogP contribution in [-0.4, -0.2) is 73.9 Å². The smallest absolute Gasteiger partial charge is 0.170 e. The van der Waals surface area contributed by atoms with Gasteiger partial charge in [-0.2, -0.15) is 4.68 Å². The minimum Gasteiger partial charge on any atom is -0.392 e. The maximum atomic E-state index is 9.51. The Hall–Kier alpha value is -1.83. The lowest BCUT2D eigenvalue weighted by molar-refractivity contribution is 0.0768. The summed E-state index contributed by atoms with van der Waals surface area (Å²) < 4.78 is 1.87. The van der Waals surface area contributed by atoms with Crippen molar-refractivity contribution in [2.75, 3.05) is 32.7 Å². The Balaban J connectivity index is 1.69. The van der Waals surface area contributed by atoms with Gasteiger partial charge in [0, 0.05) is 32.7 Å². The summed E-state index contributed by atoms with van der Waals surface area (Å²) in [6.45, 7) is 11.4.